The van der Waals surface area contributed by atoms with Crippen LogP contribution in [0.5, 0.6) is 17.6 Å². The van der Waals surface area contributed by atoms with E-state index in [9.17, 15) is 14.4 Å². The molecule has 210 valence electrons. The number of amides is 2. The van der Waals surface area contributed by atoms with Crippen LogP contribution in [-0.2, 0) is 14.2 Å². The fourth-order valence-corrected chi connectivity index (χ4v) is 3.72. The predicted octanol–water partition coefficient (Wildman–Crippen LogP) is 2.59. The third-order valence-corrected chi connectivity index (χ3v) is 5.68. The van der Waals surface area contributed by atoms with Crippen molar-refractivity contribution in [2.45, 2.75) is 13.0 Å². The van der Waals surface area contributed by atoms with Crippen LogP contribution in [0.2, 0.25) is 0 Å². The first-order valence-electron chi connectivity index (χ1n) is 12.4. The molecular weight excluding hydrogens is 522 g/mol. The minimum absolute atomic E-state index is 0.0426. The molecule has 13 nitrogen and oxygen atoms in total. The summed E-state index contributed by atoms with van der Waals surface area (Å²) in [5.74, 6) is -0.653. The number of pyridine rings is 3. The zero-order chi connectivity index (χ0) is 28.5. The number of carbonyl (C=O) groups excluding carboxylic acids is 3. The number of ether oxygens (including phenoxy) is 5. The maximum atomic E-state index is 13.1. The summed E-state index contributed by atoms with van der Waals surface area (Å²) in [7, 11) is 2.81. The van der Waals surface area contributed by atoms with Gasteiger partial charge in [-0.2, -0.15) is 4.98 Å². The molecule has 0 saturated carbocycles. The molecule has 4 heterocycles. The maximum Gasteiger partial charge on any atom is 0.339 e. The summed E-state index contributed by atoms with van der Waals surface area (Å²) < 4.78 is 26.7. The highest BCUT2D eigenvalue weighted by Gasteiger charge is 2.20. The molecule has 0 aromatic carbocycles. The highest BCUT2D eigenvalue weighted by Crippen LogP contribution is 2.24. The number of hydrogen-bond donors (Lipinski definition) is 1. The Morgan fingerprint density at radius 1 is 0.950 bits per heavy atom. The molecule has 13 heteroatoms. The number of rotatable bonds is 10. The summed E-state index contributed by atoms with van der Waals surface area (Å²) in [6, 6.07) is 8.98. The largest absolute Gasteiger partial charge is 0.472 e. The molecule has 0 spiro atoms. The van der Waals surface area contributed by atoms with E-state index < -0.39 is 11.9 Å². The van der Waals surface area contributed by atoms with Crippen molar-refractivity contribution in [3.05, 3.63) is 65.5 Å². The second-order valence-electron chi connectivity index (χ2n) is 8.69. The first-order valence-corrected chi connectivity index (χ1v) is 12.4. The van der Waals surface area contributed by atoms with Gasteiger partial charge >= 0.3 is 5.97 Å². The molecule has 1 N–H and O–H groups in total. The number of nitrogens with zero attached hydrogens (tertiary/aromatic N) is 4. The second kappa shape index (κ2) is 13.4. The number of morpholine rings is 1. The molecule has 0 bridgehead atoms. The number of nitrogens with one attached hydrogen (secondary N) is 1. The molecule has 1 saturated heterocycles. The molecule has 1 aliphatic heterocycles. The smallest absolute Gasteiger partial charge is 0.339 e. The summed E-state index contributed by atoms with van der Waals surface area (Å²) in [6.45, 7) is 4.12. The third kappa shape index (κ3) is 7.48. The minimum Gasteiger partial charge on any atom is -0.472 e. The normalized spacial score (nSPS) is 13.7. The molecule has 0 unspecified atom stereocenters. The Morgan fingerprint density at radius 2 is 1.68 bits per heavy atom. The summed E-state index contributed by atoms with van der Waals surface area (Å²) in [5.41, 5.74) is 0.828. The van der Waals surface area contributed by atoms with Crippen LogP contribution in [-0.4, -0.2) is 90.9 Å². The molecule has 4 rings (SSSR count). The number of anilines is 1. The Labute approximate surface area is 230 Å². The molecule has 0 aliphatic carbocycles. The molecule has 40 heavy (non-hydrogen) atoms. The van der Waals surface area contributed by atoms with E-state index in [1.165, 1.54) is 43.8 Å². The molecular formula is C27H29N5O8. The molecule has 1 aliphatic rings. The number of carbonyl (C=O) groups is 3. The number of hydrogen-bond acceptors (Lipinski definition) is 11. The number of methoxy groups -OCH3 is 2. The van der Waals surface area contributed by atoms with Gasteiger partial charge in [0.15, 0.2) is 0 Å². The lowest BCUT2D eigenvalue weighted by Crippen LogP contribution is -2.40. The quantitative estimate of drug-likeness (QED) is 0.370. The lowest BCUT2D eigenvalue weighted by Gasteiger charge is -2.26. The predicted molar refractivity (Wildman–Crippen MR) is 141 cm³/mol. The lowest BCUT2D eigenvalue weighted by molar-refractivity contribution is 0.0302. The Morgan fingerprint density at radius 3 is 2.33 bits per heavy atom. The van der Waals surface area contributed by atoms with E-state index in [1.807, 2.05) is 0 Å². The van der Waals surface area contributed by atoms with E-state index in [4.69, 9.17) is 18.9 Å². The van der Waals surface area contributed by atoms with Crippen LogP contribution < -0.4 is 14.8 Å². The van der Waals surface area contributed by atoms with Gasteiger partial charge < -0.3 is 33.9 Å². The monoisotopic (exact) mass is 551 g/mol. The van der Waals surface area contributed by atoms with Crippen molar-refractivity contribution in [3.63, 3.8) is 0 Å². The highest BCUT2D eigenvalue weighted by molar-refractivity contribution is 6.04. The van der Waals surface area contributed by atoms with Gasteiger partial charge in [0.25, 0.3) is 11.8 Å². The van der Waals surface area contributed by atoms with E-state index in [1.54, 1.807) is 31.1 Å². The molecule has 2 amide bonds. The standard InChI is InChI=1S/C27H29N5O8/c1-17(16-36-2)39-23-12-20(25(33)30-21-6-4-19(15-28-21)27(35)37-3)13-24(31-23)40-22-7-5-18(14-29-22)26(34)32-8-10-38-11-9-32/h4-7,12-15,17H,8-11,16H2,1-3H3,(H,28,30,33)/t17-/m1/s1. The molecule has 0 radical (unpaired) electrons. The third-order valence-electron chi connectivity index (χ3n) is 5.68. The van der Waals surface area contributed by atoms with Gasteiger partial charge in [0, 0.05) is 50.8 Å². The van der Waals surface area contributed by atoms with Crippen LogP contribution in [0.3, 0.4) is 0 Å². The van der Waals surface area contributed by atoms with E-state index in [2.05, 4.69) is 25.0 Å². The van der Waals surface area contributed by atoms with Crippen molar-refractivity contribution < 1.29 is 38.1 Å². The van der Waals surface area contributed by atoms with Crippen molar-refractivity contribution in [1.82, 2.24) is 19.9 Å². The van der Waals surface area contributed by atoms with Gasteiger partial charge in [-0.05, 0) is 25.1 Å². The summed E-state index contributed by atoms with van der Waals surface area (Å²) >= 11 is 0. The first-order chi connectivity index (χ1) is 19.4. The summed E-state index contributed by atoms with van der Waals surface area (Å²) in [5, 5.41) is 2.66. The zero-order valence-electron chi connectivity index (χ0n) is 22.3. The average molecular weight is 552 g/mol. The highest BCUT2D eigenvalue weighted by atomic mass is 16.5. The molecule has 3 aromatic rings. The van der Waals surface area contributed by atoms with Gasteiger partial charge in [0.2, 0.25) is 17.6 Å². The Hall–Kier alpha value is -4.62. The minimum atomic E-state index is -0.541. The average Bonchev–Trinajstić information content (AvgIpc) is 2.97. The molecule has 1 atom stereocenters. The van der Waals surface area contributed by atoms with Gasteiger partial charge in [0.1, 0.15) is 11.9 Å². The van der Waals surface area contributed by atoms with Crippen LogP contribution in [0.1, 0.15) is 38.0 Å². The molecule has 1 fully saturated rings. The summed E-state index contributed by atoms with van der Waals surface area (Å²) in [4.78, 5) is 51.7. The van der Waals surface area contributed by atoms with Crippen LogP contribution >= 0.6 is 0 Å². The van der Waals surface area contributed by atoms with Crippen molar-refractivity contribution in [3.8, 4) is 17.6 Å². The van der Waals surface area contributed by atoms with Gasteiger partial charge in [-0.15, -0.1) is 0 Å². The van der Waals surface area contributed by atoms with E-state index in [-0.39, 0.29) is 46.6 Å². The van der Waals surface area contributed by atoms with Crippen LogP contribution in [0, 0.1) is 0 Å². The Bertz CT molecular complexity index is 1330. The van der Waals surface area contributed by atoms with Crippen molar-refractivity contribution in [2.24, 2.45) is 0 Å². The van der Waals surface area contributed by atoms with Crippen molar-refractivity contribution in [1.29, 1.82) is 0 Å². The zero-order valence-corrected chi connectivity index (χ0v) is 22.3. The SMILES string of the molecule is COC[C@@H](C)Oc1cc(C(=O)Nc2ccc(C(=O)OC)cn2)cc(Oc2ccc(C(=O)N3CCOCC3)cn2)n1. The van der Waals surface area contributed by atoms with Crippen LogP contribution in [0.4, 0.5) is 5.82 Å². The van der Waals surface area contributed by atoms with Gasteiger partial charge in [-0.25, -0.2) is 14.8 Å². The van der Waals surface area contributed by atoms with Crippen molar-refractivity contribution >= 4 is 23.6 Å². The van der Waals surface area contributed by atoms with E-state index >= 15 is 0 Å². The Balaban J connectivity index is 1.52. The van der Waals surface area contributed by atoms with Gasteiger partial charge in [0.05, 0.1) is 43.6 Å². The fraction of sp³-hybridized carbons (Fsp3) is 0.333. The van der Waals surface area contributed by atoms with Crippen LogP contribution in [0.15, 0.2) is 48.8 Å². The Kier molecular flexibility index (Phi) is 9.54. The van der Waals surface area contributed by atoms with Crippen LogP contribution in [0.25, 0.3) is 0 Å². The fourth-order valence-electron chi connectivity index (χ4n) is 3.72. The second-order valence-corrected chi connectivity index (χ2v) is 8.69. The maximum absolute atomic E-state index is 13.1. The van der Waals surface area contributed by atoms with Crippen molar-refractivity contribution in [2.75, 3.05) is 52.4 Å². The number of aromatic nitrogens is 3. The first kappa shape index (κ1) is 28.4. The van der Waals surface area contributed by atoms with Gasteiger partial charge in [-0.1, -0.05) is 0 Å². The summed E-state index contributed by atoms with van der Waals surface area (Å²) in [6.07, 6.45) is 2.36. The van der Waals surface area contributed by atoms with Gasteiger partial charge in [-0.3, -0.25) is 9.59 Å². The lowest BCUT2D eigenvalue weighted by atomic mass is 10.2. The molecule has 3 aromatic heterocycles. The number of esters is 1. The van der Waals surface area contributed by atoms with E-state index in [0.717, 1.165) is 0 Å². The van der Waals surface area contributed by atoms with E-state index in [0.29, 0.717) is 38.5 Å². The topological polar surface area (TPSA) is 151 Å².